The van der Waals surface area contributed by atoms with Gasteiger partial charge in [0.1, 0.15) is 5.69 Å². The van der Waals surface area contributed by atoms with Crippen LogP contribution >= 0.6 is 15.9 Å². The number of nitrogens with zero attached hydrogens (tertiary/aromatic N) is 1. The van der Waals surface area contributed by atoms with E-state index in [-0.39, 0.29) is 18.2 Å². The van der Waals surface area contributed by atoms with Crippen LogP contribution in [0, 0.1) is 11.8 Å². The second kappa shape index (κ2) is 7.99. The van der Waals surface area contributed by atoms with E-state index in [2.05, 4.69) is 26.2 Å². The van der Waals surface area contributed by atoms with Gasteiger partial charge in [0.05, 0.1) is 0 Å². The first kappa shape index (κ1) is 16.6. The highest BCUT2D eigenvalue weighted by atomic mass is 79.9. The summed E-state index contributed by atoms with van der Waals surface area (Å²) in [4.78, 5) is 26.8. The minimum atomic E-state index is -0.844. The number of aliphatic carboxylic acids is 1. The minimum absolute atomic E-state index is 0.0574. The van der Waals surface area contributed by atoms with Gasteiger partial charge >= 0.3 is 5.97 Å². The molecule has 1 rings (SSSR count). The summed E-state index contributed by atoms with van der Waals surface area (Å²) < 4.78 is 0.621. The number of halogens is 1. The SMILES string of the molecule is CC(C)C[C@H](CNC(=O)c1ncccc1Br)CC(=O)O. The lowest BCUT2D eigenvalue weighted by Gasteiger charge is -2.17. The van der Waals surface area contributed by atoms with E-state index in [0.29, 0.717) is 22.6 Å². The van der Waals surface area contributed by atoms with Crippen LogP contribution in [0.2, 0.25) is 0 Å². The number of carboxylic acid groups (broad SMARTS) is 1. The number of hydrogen-bond donors (Lipinski definition) is 2. The number of pyridine rings is 1. The first-order valence-corrected chi connectivity index (χ1v) is 7.30. The maximum atomic E-state index is 12.0. The molecule has 0 fully saturated rings. The molecule has 0 aliphatic heterocycles. The summed E-state index contributed by atoms with van der Waals surface area (Å²) in [6.07, 6.45) is 2.36. The van der Waals surface area contributed by atoms with E-state index in [0.717, 1.165) is 6.42 Å². The molecule has 2 N–H and O–H groups in total. The smallest absolute Gasteiger partial charge is 0.303 e. The lowest BCUT2D eigenvalue weighted by Crippen LogP contribution is -2.31. The third kappa shape index (κ3) is 5.69. The molecular formula is C14H19BrN2O3. The Balaban J connectivity index is 2.60. The van der Waals surface area contributed by atoms with Crippen LogP contribution < -0.4 is 5.32 Å². The Kier molecular flexibility index (Phi) is 6.64. The molecule has 0 aliphatic rings. The number of aromatic nitrogens is 1. The van der Waals surface area contributed by atoms with E-state index in [4.69, 9.17) is 5.11 Å². The van der Waals surface area contributed by atoms with Gasteiger partial charge in [-0.15, -0.1) is 0 Å². The highest BCUT2D eigenvalue weighted by molar-refractivity contribution is 9.10. The van der Waals surface area contributed by atoms with Crippen molar-refractivity contribution in [3.63, 3.8) is 0 Å². The molecule has 6 heteroatoms. The van der Waals surface area contributed by atoms with Crippen molar-refractivity contribution in [3.8, 4) is 0 Å². The van der Waals surface area contributed by atoms with E-state index in [1.165, 1.54) is 0 Å². The number of nitrogens with one attached hydrogen (secondary N) is 1. The van der Waals surface area contributed by atoms with Crippen molar-refractivity contribution in [2.24, 2.45) is 11.8 Å². The molecule has 1 amide bonds. The highest BCUT2D eigenvalue weighted by Gasteiger charge is 2.17. The van der Waals surface area contributed by atoms with Crippen molar-refractivity contribution >= 4 is 27.8 Å². The number of carboxylic acids is 1. The second-order valence-corrected chi connectivity index (χ2v) is 5.99. The average molecular weight is 343 g/mol. The average Bonchev–Trinajstić information content (AvgIpc) is 2.34. The molecule has 1 aromatic rings. The third-order valence-corrected chi connectivity index (χ3v) is 3.43. The number of amides is 1. The lowest BCUT2D eigenvalue weighted by atomic mass is 9.94. The Morgan fingerprint density at radius 3 is 2.70 bits per heavy atom. The molecule has 5 nitrogen and oxygen atoms in total. The number of rotatable bonds is 7. The molecule has 20 heavy (non-hydrogen) atoms. The van der Waals surface area contributed by atoms with Crippen LogP contribution in [-0.2, 0) is 4.79 Å². The first-order valence-electron chi connectivity index (χ1n) is 6.50. The van der Waals surface area contributed by atoms with Crippen LogP contribution in [0.4, 0.5) is 0 Å². The van der Waals surface area contributed by atoms with Crippen molar-refractivity contribution in [2.75, 3.05) is 6.54 Å². The van der Waals surface area contributed by atoms with E-state index in [9.17, 15) is 9.59 Å². The van der Waals surface area contributed by atoms with Crippen LogP contribution in [0.5, 0.6) is 0 Å². The van der Waals surface area contributed by atoms with Crippen LogP contribution in [0.3, 0.4) is 0 Å². The predicted molar refractivity (Wildman–Crippen MR) is 79.5 cm³/mol. The largest absolute Gasteiger partial charge is 0.481 e. The normalized spacial score (nSPS) is 12.2. The van der Waals surface area contributed by atoms with Crippen LogP contribution in [0.15, 0.2) is 22.8 Å². The Morgan fingerprint density at radius 1 is 1.45 bits per heavy atom. The highest BCUT2D eigenvalue weighted by Crippen LogP contribution is 2.16. The summed E-state index contributed by atoms with van der Waals surface area (Å²) in [6.45, 7) is 4.41. The number of carbonyl (C=O) groups is 2. The molecule has 0 radical (unpaired) electrons. The van der Waals surface area contributed by atoms with E-state index in [1.807, 2.05) is 13.8 Å². The van der Waals surface area contributed by atoms with Crippen molar-refractivity contribution in [1.82, 2.24) is 10.3 Å². The predicted octanol–water partition coefficient (Wildman–Crippen LogP) is 2.71. The van der Waals surface area contributed by atoms with Gasteiger partial charge in [-0.05, 0) is 46.3 Å². The fourth-order valence-electron chi connectivity index (χ4n) is 2.03. The minimum Gasteiger partial charge on any atom is -0.481 e. The van der Waals surface area contributed by atoms with E-state index < -0.39 is 5.97 Å². The van der Waals surface area contributed by atoms with Crippen molar-refractivity contribution in [3.05, 3.63) is 28.5 Å². The van der Waals surface area contributed by atoms with Crippen LogP contribution in [0.1, 0.15) is 37.2 Å². The van der Waals surface area contributed by atoms with Gasteiger partial charge in [0.15, 0.2) is 0 Å². The Hall–Kier alpha value is -1.43. The zero-order valence-electron chi connectivity index (χ0n) is 11.6. The summed E-state index contributed by atoms with van der Waals surface area (Å²) in [5, 5.41) is 11.6. The summed E-state index contributed by atoms with van der Waals surface area (Å²) in [5.74, 6) is -0.822. The van der Waals surface area contributed by atoms with Gasteiger partial charge in [-0.3, -0.25) is 9.59 Å². The fraction of sp³-hybridized carbons (Fsp3) is 0.500. The molecule has 0 unspecified atom stereocenters. The standard InChI is InChI=1S/C14H19BrN2O3/c1-9(2)6-10(7-12(18)19)8-17-14(20)13-11(15)4-3-5-16-13/h3-5,9-10H,6-8H2,1-2H3,(H,17,20)(H,18,19)/t10-/m0/s1. The maximum absolute atomic E-state index is 12.0. The van der Waals surface area contributed by atoms with Crippen LogP contribution in [-0.4, -0.2) is 28.5 Å². The topological polar surface area (TPSA) is 79.3 Å². The van der Waals surface area contributed by atoms with Gasteiger partial charge < -0.3 is 10.4 Å². The molecule has 1 aromatic heterocycles. The zero-order valence-corrected chi connectivity index (χ0v) is 13.2. The van der Waals surface area contributed by atoms with E-state index in [1.54, 1.807) is 18.3 Å². The number of carbonyl (C=O) groups excluding carboxylic acids is 1. The molecule has 110 valence electrons. The number of hydrogen-bond acceptors (Lipinski definition) is 3. The summed E-state index contributed by atoms with van der Waals surface area (Å²) in [7, 11) is 0. The summed E-state index contributed by atoms with van der Waals surface area (Å²) in [6, 6.07) is 3.47. The summed E-state index contributed by atoms with van der Waals surface area (Å²) in [5.41, 5.74) is 0.311. The van der Waals surface area contributed by atoms with Gasteiger partial charge in [0.25, 0.3) is 5.91 Å². The second-order valence-electron chi connectivity index (χ2n) is 5.14. The van der Waals surface area contributed by atoms with Gasteiger partial charge in [0, 0.05) is 23.6 Å². The van der Waals surface area contributed by atoms with Crippen molar-refractivity contribution in [2.45, 2.75) is 26.7 Å². The monoisotopic (exact) mass is 342 g/mol. The molecule has 1 heterocycles. The molecule has 0 bridgehead atoms. The maximum Gasteiger partial charge on any atom is 0.303 e. The van der Waals surface area contributed by atoms with E-state index >= 15 is 0 Å². The molecule has 0 spiro atoms. The van der Waals surface area contributed by atoms with Crippen molar-refractivity contribution in [1.29, 1.82) is 0 Å². The van der Waals surface area contributed by atoms with Gasteiger partial charge in [0.2, 0.25) is 0 Å². The lowest BCUT2D eigenvalue weighted by molar-refractivity contribution is -0.138. The Labute approximate surface area is 126 Å². The molecule has 0 saturated carbocycles. The zero-order chi connectivity index (χ0) is 15.1. The quantitative estimate of drug-likeness (QED) is 0.798. The molecule has 0 saturated heterocycles. The third-order valence-electron chi connectivity index (χ3n) is 2.79. The molecule has 0 aliphatic carbocycles. The Bertz CT molecular complexity index is 477. The molecule has 0 aromatic carbocycles. The van der Waals surface area contributed by atoms with Gasteiger partial charge in [-0.1, -0.05) is 13.8 Å². The first-order chi connectivity index (χ1) is 9.40. The van der Waals surface area contributed by atoms with Crippen molar-refractivity contribution < 1.29 is 14.7 Å². The Morgan fingerprint density at radius 2 is 2.15 bits per heavy atom. The fourth-order valence-corrected chi connectivity index (χ4v) is 2.46. The molecular weight excluding hydrogens is 324 g/mol. The van der Waals surface area contributed by atoms with Gasteiger partial charge in [-0.25, -0.2) is 4.98 Å². The van der Waals surface area contributed by atoms with Gasteiger partial charge in [-0.2, -0.15) is 0 Å². The summed E-state index contributed by atoms with van der Waals surface area (Å²) >= 11 is 3.27. The van der Waals surface area contributed by atoms with Crippen LogP contribution in [0.25, 0.3) is 0 Å². The molecule has 1 atom stereocenters.